The highest BCUT2D eigenvalue weighted by Crippen LogP contribution is 2.42. The van der Waals surface area contributed by atoms with E-state index in [-0.39, 0.29) is 22.4 Å². The molecule has 3 aromatic carbocycles. The van der Waals surface area contributed by atoms with E-state index < -0.39 is 22.5 Å². The zero-order valence-electron chi connectivity index (χ0n) is 19.7. The van der Waals surface area contributed by atoms with Crippen LogP contribution in [-0.2, 0) is 6.61 Å². The Morgan fingerprint density at radius 3 is 2.41 bits per heavy atom. The lowest BCUT2D eigenvalue weighted by Crippen LogP contribution is -2.11. The molecule has 1 aromatic heterocycles. The van der Waals surface area contributed by atoms with Gasteiger partial charge in [0.05, 0.1) is 17.2 Å². The number of nitro groups is 1. The van der Waals surface area contributed by atoms with Crippen LogP contribution in [0, 0.1) is 22.9 Å². The van der Waals surface area contributed by atoms with Crippen molar-refractivity contribution >= 4 is 35.0 Å². The van der Waals surface area contributed by atoms with Crippen LogP contribution in [0.5, 0.6) is 11.5 Å². The second kappa shape index (κ2) is 11.8. The Hall–Kier alpha value is -3.34. The second-order valence-electron chi connectivity index (χ2n) is 7.88. The molecule has 0 fully saturated rings. The first-order valence-electron chi connectivity index (χ1n) is 11.0. The number of aryl methyl sites for hydroxylation is 1. The van der Waals surface area contributed by atoms with Crippen molar-refractivity contribution in [2.45, 2.75) is 23.9 Å². The number of hydrogen-bond acceptors (Lipinski definition) is 7. The van der Waals surface area contributed by atoms with Gasteiger partial charge in [0.25, 0.3) is 0 Å². The molecule has 0 aliphatic rings. The van der Waals surface area contributed by atoms with E-state index in [1.807, 2.05) is 12.1 Å². The van der Waals surface area contributed by atoms with E-state index in [4.69, 9.17) is 32.7 Å². The number of rotatable bonds is 10. The summed E-state index contributed by atoms with van der Waals surface area (Å²) in [6.07, 6.45) is 0. The molecule has 0 unspecified atom stereocenters. The van der Waals surface area contributed by atoms with Gasteiger partial charge in [-0.05, 0) is 55.0 Å². The third-order valence-corrected chi connectivity index (χ3v) is 7.15. The molecular weight excluding hydrogens is 542 g/mol. The van der Waals surface area contributed by atoms with Gasteiger partial charge in [0.2, 0.25) is 6.54 Å². The summed E-state index contributed by atoms with van der Waals surface area (Å²) >= 11 is 14.1. The maximum absolute atomic E-state index is 14.0. The lowest BCUT2D eigenvalue weighted by molar-refractivity contribution is -0.479. The predicted molar refractivity (Wildman–Crippen MR) is 140 cm³/mol. The molecule has 8 nitrogen and oxygen atoms in total. The Morgan fingerprint density at radius 2 is 1.78 bits per heavy atom. The summed E-state index contributed by atoms with van der Waals surface area (Å²) in [4.78, 5) is 11.1. The minimum atomic E-state index is -0.689. The smallest absolute Gasteiger partial charge is 0.220 e. The fraction of sp³-hybridized carbons (Fsp3) is 0.200. The van der Waals surface area contributed by atoms with Gasteiger partial charge in [0.15, 0.2) is 10.9 Å². The highest BCUT2D eigenvalue weighted by atomic mass is 35.5. The van der Waals surface area contributed by atoms with Crippen molar-refractivity contribution in [1.29, 1.82) is 0 Å². The molecular formula is C25H21Cl2FN4O4S. The minimum absolute atomic E-state index is 0.0806. The van der Waals surface area contributed by atoms with Crippen molar-refractivity contribution < 1.29 is 18.8 Å². The van der Waals surface area contributed by atoms with Gasteiger partial charge in [-0.1, -0.05) is 53.2 Å². The van der Waals surface area contributed by atoms with E-state index in [9.17, 15) is 14.5 Å². The molecule has 0 aliphatic carbocycles. The molecule has 0 aliphatic heterocycles. The van der Waals surface area contributed by atoms with Gasteiger partial charge in [0, 0.05) is 16.2 Å². The van der Waals surface area contributed by atoms with Crippen LogP contribution in [0.1, 0.15) is 22.2 Å². The van der Waals surface area contributed by atoms with Gasteiger partial charge in [-0.15, -0.1) is 10.2 Å². The van der Waals surface area contributed by atoms with Crippen LogP contribution >= 0.6 is 35.0 Å². The number of aromatic nitrogens is 3. The number of nitrogens with zero attached hydrogens (tertiary/aromatic N) is 4. The molecule has 12 heteroatoms. The van der Waals surface area contributed by atoms with Crippen molar-refractivity contribution in [2.75, 3.05) is 13.7 Å². The lowest BCUT2D eigenvalue weighted by Gasteiger charge is -2.17. The number of methoxy groups -OCH3 is 1. The molecule has 0 N–H and O–H groups in total. The largest absolute Gasteiger partial charge is 0.497 e. The quantitative estimate of drug-likeness (QED) is 0.120. The SMILES string of the molecule is COc1ccc(-n2c(C)nnc2S[C@@H](C[N+](=O)[O-])c2cc(Cl)c(OCc3ccccc3F)c(Cl)c2)cc1. The summed E-state index contributed by atoms with van der Waals surface area (Å²) in [5, 5.41) is 20.0. The number of halogens is 3. The molecule has 192 valence electrons. The van der Waals surface area contributed by atoms with E-state index in [1.165, 1.54) is 17.8 Å². The molecule has 1 atom stereocenters. The Kier molecular flexibility index (Phi) is 8.52. The maximum Gasteiger partial charge on any atom is 0.220 e. The Labute approximate surface area is 226 Å². The molecule has 0 saturated heterocycles. The van der Waals surface area contributed by atoms with Crippen molar-refractivity contribution in [3.63, 3.8) is 0 Å². The fourth-order valence-electron chi connectivity index (χ4n) is 3.59. The van der Waals surface area contributed by atoms with Gasteiger partial charge in [-0.25, -0.2) is 4.39 Å². The first-order valence-corrected chi connectivity index (χ1v) is 12.6. The maximum atomic E-state index is 14.0. The summed E-state index contributed by atoms with van der Waals surface area (Å²) in [5.74, 6) is 1.06. The zero-order valence-corrected chi connectivity index (χ0v) is 22.1. The molecule has 0 saturated carbocycles. The van der Waals surface area contributed by atoms with Crippen LogP contribution in [-0.4, -0.2) is 33.3 Å². The van der Waals surface area contributed by atoms with Crippen molar-refractivity contribution in [2.24, 2.45) is 0 Å². The molecule has 1 heterocycles. The summed E-state index contributed by atoms with van der Waals surface area (Å²) in [6, 6.07) is 16.6. The first-order chi connectivity index (χ1) is 17.8. The second-order valence-corrected chi connectivity index (χ2v) is 9.86. The topological polar surface area (TPSA) is 92.3 Å². The van der Waals surface area contributed by atoms with Gasteiger partial charge in [-0.2, -0.15) is 0 Å². The van der Waals surface area contributed by atoms with Crippen molar-refractivity contribution in [3.8, 4) is 17.2 Å². The van der Waals surface area contributed by atoms with E-state index in [0.29, 0.717) is 27.9 Å². The Morgan fingerprint density at radius 1 is 1.11 bits per heavy atom. The van der Waals surface area contributed by atoms with E-state index in [2.05, 4.69) is 10.2 Å². The van der Waals surface area contributed by atoms with Gasteiger partial charge in [-0.3, -0.25) is 14.7 Å². The van der Waals surface area contributed by atoms with E-state index in [0.717, 1.165) is 5.69 Å². The predicted octanol–water partition coefficient (Wildman–Crippen LogP) is 6.72. The van der Waals surface area contributed by atoms with Crippen LogP contribution in [0.3, 0.4) is 0 Å². The number of hydrogen-bond donors (Lipinski definition) is 0. The van der Waals surface area contributed by atoms with E-state index >= 15 is 0 Å². The van der Waals surface area contributed by atoms with Gasteiger partial charge >= 0.3 is 0 Å². The molecule has 37 heavy (non-hydrogen) atoms. The van der Waals surface area contributed by atoms with Crippen LogP contribution in [0.25, 0.3) is 5.69 Å². The van der Waals surface area contributed by atoms with Crippen molar-refractivity contribution in [3.05, 3.63) is 104 Å². The Balaban J connectivity index is 1.62. The van der Waals surface area contributed by atoms with Crippen LogP contribution in [0.2, 0.25) is 10.0 Å². The summed E-state index contributed by atoms with van der Waals surface area (Å²) in [7, 11) is 1.58. The third kappa shape index (κ3) is 6.33. The van der Waals surface area contributed by atoms with E-state index in [1.54, 1.807) is 61.1 Å². The summed E-state index contributed by atoms with van der Waals surface area (Å²) < 4.78 is 26.7. The monoisotopic (exact) mass is 562 g/mol. The summed E-state index contributed by atoms with van der Waals surface area (Å²) in [6.45, 7) is 1.29. The molecule has 0 spiro atoms. The van der Waals surface area contributed by atoms with Gasteiger partial charge < -0.3 is 9.47 Å². The van der Waals surface area contributed by atoms with Crippen LogP contribution < -0.4 is 9.47 Å². The number of benzene rings is 3. The highest BCUT2D eigenvalue weighted by molar-refractivity contribution is 7.99. The third-order valence-electron chi connectivity index (χ3n) is 5.41. The minimum Gasteiger partial charge on any atom is -0.497 e. The molecule has 0 bridgehead atoms. The van der Waals surface area contributed by atoms with Crippen LogP contribution in [0.15, 0.2) is 65.8 Å². The zero-order chi connectivity index (χ0) is 26.5. The average Bonchev–Trinajstić information content (AvgIpc) is 3.23. The molecule has 0 amide bonds. The lowest BCUT2D eigenvalue weighted by atomic mass is 10.1. The fourth-order valence-corrected chi connectivity index (χ4v) is 5.36. The molecule has 0 radical (unpaired) electrons. The number of ether oxygens (including phenoxy) is 2. The summed E-state index contributed by atoms with van der Waals surface area (Å²) in [5.41, 5.74) is 1.63. The Bertz CT molecular complexity index is 1400. The normalized spacial score (nSPS) is 11.8. The first kappa shape index (κ1) is 26.7. The number of thioether (sulfide) groups is 1. The highest BCUT2D eigenvalue weighted by Gasteiger charge is 2.26. The average molecular weight is 563 g/mol. The molecule has 4 aromatic rings. The molecule has 4 rings (SSSR count). The van der Waals surface area contributed by atoms with Gasteiger partial charge in [0.1, 0.15) is 29.2 Å². The standard InChI is InChI=1S/C25H21Cl2FN4O4S/c1-15-29-30-25(32(15)18-7-9-19(35-2)10-8-18)37-23(13-31(33)34)17-11-20(26)24(21(27)12-17)36-14-16-5-3-4-6-22(16)28/h3-12,23H,13-14H2,1-2H3/t23-/m0/s1. The van der Waals surface area contributed by atoms with Crippen molar-refractivity contribution in [1.82, 2.24) is 14.8 Å². The van der Waals surface area contributed by atoms with Crippen LogP contribution in [0.4, 0.5) is 4.39 Å².